The number of halogens is 2. The smallest absolute Gasteiger partial charge is 0.293 e. The Bertz CT molecular complexity index is 569. The first kappa shape index (κ1) is 14.0. The lowest BCUT2D eigenvalue weighted by Crippen LogP contribution is -2.33. The van der Waals surface area contributed by atoms with E-state index in [1.165, 1.54) is 12.1 Å². The van der Waals surface area contributed by atoms with Crippen molar-refractivity contribution in [2.24, 2.45) is 11.8 Å². The number of hydrogen-bond acceptors (Lipinski definition) is 4. The van der Waals surface area contributed by atoms with Crippen LogP contribution in [0.4, 0.5) is 15.8 Å². The third kappa shape index (κ3) is 2.16. The Morgan fingerprint density at radius 2 is 2.25 bits per heavy atom. The zero-order chi connectivity index (χ0) is 14.4. The predicted molar refractivity (Wildman–Crippen MR) is 82.4 cm³/mol. The molecule has 7 heteroatoms. The second-order valence-corrected chi connectivity index (χ2v) is 6.65. The molecule has 2 saturated heterocycles. The van der Waals surface area contributed by atoms with Crippen molar-refractivity contribution in [3.05, 3.63) is 31.6 Å². The van der Waals surface area contributed by atoms with E-state index >= 15 is 0 Å². The van der Waals surface area contributed by atoms with Gasteiger partial charge in [0.15, 0.2) is 0 Å². The third-order valence-corrected chi connectivity index (χ3v) is 5.28. The van der Waals surface area contributed by atoms with Gasteiger partial charge in [0.05, 0.1) is 8.49 Å². The van der Waals surface area contributed by atoms with Crippen molar-refractivity contribution in [1.82, 2.24) is 5.32 Å². The quantitative estimate of drug-likeness (QED) is 0.478. The van der Waals surface area contributed by atoms with Crippen molar-refractivity contribution in [2.45, 2.75) is 13.0 Å². The van der Waals surface area contributed by atoms with Gasteiger partial charge in [-0.05, 0) is 41.4 Å². The molecular weight excluding hydrogens is 376 g/mol. The summed E-state index contributed by atoms with van der Waals surface area (Å²) in [6, 6.07) is 2.82. The normalized spacial score (nSPS) is 28.8. The van der Waals surface area contributed by atoms with Crippen LogP contribution in [0.2, 0.25) is 0 Å². The molecule has 20 heavy (non-hydrogen) atoms. The fraction of sp³-hybridized carbons (Fsp3) is 0.538. The highest BCUT2D eigenvalue weighted by Crippen LogP contribution is 2.40. The van der Waals surface area contributed by atoms with Crippen molar-refractivity contribution >= 4 is 34.0 Å². The molecule has 108 valence electrons. The number of nitro groups is 1. The summed E-state index contributed by atoms with van der Waals surface area (Å²) in [6.45, 7) is 4.69. The van der Waals surface area contributed by atoms with E-state index in [2.05, 4.69) is 12.2 Å². The van der Waals surface area contributed by atoms with Crippen LogP contribution in [0.5, 0.6) is 0 Å². The van der Waals surface area contributed by atoms with Crippen molar-refractivity contribution in [3.8, 4) is 0 Å². The van der Waals surface area contributed by atoms with Crippen LogP contribution in [-0.2, 0) is 0 Å². The second kappa shape index (κ2) is 5.10. The highest BCUT2D eigenvalue weighted by molar-refractivity contribution is 14.1. The molecule has 3 atom stereocenters. The molecule has 3 rings (SSSR count). The number of anilines is 1. The number of nitro benzene ring substituents is 1. The van der Waals surface area contributed by atoms with Gasteiger partial charge in [0.25, 0.3) is 5.69 Å². The minimum absolute atomic E-state index is 0.00409. The summed E-state index contributed by atoms with van der Waals surface area (Å²) >= 11 is 1.79. The Hall–Kier alpha value is -0.960. The van der Waals surface area contributed by atoms with Gasteiger partial charge in [-0.2, -0.15) is 0 Å². The molecule has 0 radical (unpaired) electrons. The molecule has 2 fully saturated rings. The molecule has 0 aromatic heterocycles. The average molecular weight is 391 g/mol. The van der Waals surface area contributed by atoms with E-state index in [4.69, 9.17) is 0 Å². The molecule has 1 N–H and O–H groups in total. The van der Waals surface area contributed by atoms with Gasteiger partial charge in [0.1, 0.15) is 11.5 Å². The van der Waals surface area contributed by atoms with Gasteiger partial charge < -0.3 is 10.2 Å². The fourth-order valence-electron chi connectivity index (χ4n) is 3.39. The number of fused-ring (bicyclic) bond motifs is 1. The van der Waals surface area contributed by atoms with Crippen molar-refractivity contribution < 1.29 is 9.31 Å². The Labute approximate surface area is 129 Å². The van der Waals surface area contributed by atoms with Crippen LogP contribution in [0, 0.1) is 31.3 Å². The van der Waals surface area contributed by atoms with E-state index in [1.54, 1.807) is 22.6 Å². The first-order valence-corrected chi connectivity index (χ1v) is 7.67. The molecule has 0 spiro atoms. The molecule has 1 aromatic rings. The van der Waals surface area contributed by atoms with Crippen LogP contribution < -0.4 is 10.2 Å². The molecule has 0 bridgehead atoms. The Kier molecular flexibility index (Phi) is 3.57. The zero-order valence-corrected chi connectivity index (χ0v) is 13.1. The Balaban J connectivity index is 2.02. The highest BCUT2D eigenvalue weighted by atomic mass is 127. The van der Waals surface area contributed by atoms with E-state index in [9.17, 15) is 14.5 Å². The first-order valence-electron chi connectivity index (χ1n) is 6.60. The maximum atomic E-state index is 13.8. The van der Waals surface area contributed by atoms with Crippen LogP contribution in [0.1, 0.15) is 6.92 Å². The monoisotopic (exact) mass is 391 g/mol. The molecule has 2 aliphatic heterocycles. The molecule has 0 saturated carbocycles. The number of nitrogens with zero attached hydrogens (tertiary/aromatic N) is 2. The van der Waals surface area contributed by atoms with E-state index in [1.807, 2.05) is 4.90 Å². The SMILES string of the molecule is CC1C2CNCC2CN1c1cc(F)c(I)cc1[N+](=O)[O-]. The van der Waals surface area contributed by atoms with Gasteiger partial charge in [-0.1, -0.05) is 0 Å². The molecule has 0 amide bonds. The number of benzene rings is 1. The van der Waals surface area contributed by atoms with Gasteiger partial charge in [-0.3, -0.25) is 10.1 Å². The minimum atomic E-state index is -0.421. The summed E-state index contributed by atoms with van der Waals surface area (Å²) in [4.78, 5) is 12.8. The van der Waals surface area contributed by atoms with Crippen molar-refractivity contribution in [2.75, 3.05) is 24.5 Å². The Morgan fingerprint density at radius 1 is 1.50 bits per heavy atom. The lowest BCUT2D eigenvalue weighted by atomic mass is 9.95. The minimum Gasteiger partial charge on any atom is -0.363 e. The zero-order valence-electron chi connectivity index (χ0n) is 11.0. The first-order chi connectivity index (χ1) is 9.49. The topological polar surface area (TPSA) is 58.4 Å². The van der Waals surface area contributed by atoms with E-state index < -0.39 is 10.7 Å². The summed E-state index contributed by atoms with van der Waals surface area (Å²) in [5.74, 6) is 0.581. The van der Waals surface area contributed by atoms with Crippen molar-refractivity contribution in [3.63, 3.8) is 0 Å². The summed E-state index contributed by atoms with van der Waals surface area (Å²) < 4.78 is 14.1. The number of hydrogen-bond donors (Lipinski definition) is 1. The summed E-state index contributed by atoms with van der Waals surface area (Å²) in [5, 5.41) is 14.6. The predicted octanol–water partition coefficient (Wildman–Crippen LogP) is 2.38. The maximum absolute atomic E-state index is 13.8. The van der Waals surface area contributed by atoms with Crippen LogP contribution in [0.3, 0.4) is 0 Å². The number of nitrogens with one attached hydrogen (secondary N) is 1. The molecule has 2 aliphatic rings. The van der Waals surface area contributed by atoms with E-state index in [0.29, 0.717) is 17.5 Å². The maximum Gasteiger partial charge on any atom is 0.293 e. The van der Waals surface area contributed by atoms with Gasteiger partial charge in [0.2, 0.25) is 0 Å². The van der Waals surface area contributed by atoms with Crippen LogP contribution >= 0.6 is 22.6 Å². The lowest BCUT2D eigenvalue weighted by Gasteiger charge is -2.26. The van der Waals surface area contributed by atoms with Crippen LogP contribution in [0.25, 0.3) is 0 Å². The third-order valence-electron chi connectivity index (χ3n) is 4.46. The van der Waals surface area contributed by atoms with Crippen LogP contribution in [0.15, 0.2) is 12.1 Å². The number of rotatable bonds is 2. The standard InChI is InChI=1S/C13H15FIN3O2/c1-7-9-5-16-4-8(9)6-17(7)12-2-10(14)11(15)3-13(12)18(19)20/h2-3,7-9,16H,4-6H2,1H3. The largest absolute Gasteiger partial charge is 0.363 e. The summed E-state index contributed by atoms with van der Waals surface area (Å²) in [7, 11) is 0. The molecule has 5 nitrogen and oxygen atoms in total. The fourth-order valence-corrected chi connectivity index (χ4v) is 3.84. The van der Waals surface area contributed by atoms with E-state index in [-0.39, 0.29) is 15.3 Å². The molecule has 2 heterocycles. The highest BCUT2D eigenvalue weighted by Gasteiger charge is 2.43. The second-order valence-electron chi connectivity index (χ2n) is 5.49. The summed E-state index contributed by atoms with van der Waals surface area (Å²) in [5.41, 5.74) is 0.408. The Morgan fingerprint density at radius 3 is 2.90 bits per heavy atom. The average Bonchev–Trinajstić information content (AvgIpc) is 2.96. The molecule has 1 aromatic carbocycles. The van der Waals surface area contributed by atoms with Gasteiger partial charge >= 0.3 is 0 Å². The van der Waals surface area contributed by atoms with Gasteiger partial charge in [-0.25, -0.2) is 4.39 Å². The molecule has 0 aliphatic carbocycles. The lowest BCUT2D eigenvalue weighted by molar-refractivity contribution is -0.384. The van der Waals surface area contributed by atoms with E-state index in [0.717, 1.165) is 19.6 Å². The molecular formula is C13H15FIN3O2. The molecule has 3 unspecified atom stereocenters. The van der Waals surface area contributed by atoms with Gasteiger partial charge in [0, 0.05) is 37.8 Å². The van der Waals surface area contributed by atoms with Crippen molar-refractivity contribution in [1.29, 1.82) is 0 Å². The summed E-state index contributed by atoms with van der Waals surface area (Å²) in [6.07, 6.45) is 0. The van der Waals surface area contributed by atoms with Crippen LogP contribution in [-0.4, -0.2) is 30.6 Å². The van der Waals surface area contributed by atoms with Gasteiger partial charge in [-0.15, -0.1) is 0 Å².